The van der Waals surface area contributed by atoms with Crippen LogP contribution in [0.3, 0.4) is 0 Å². The molecule has 16 heavy (non-hydrogen) atoms. The minimum absolute atomic E-state index is 0.179. The van der Waals surface area contributed by atoms with Crippen molar-refractivity contribution in [2.24, 2.45) is 0 Å². The fourth-order valence-corrected chi connectivity index (χ4v) is 1.64. The van der Waals surface area contributed by atoms with Crippen LogP contribution in [0.4, 0.5) is 13.2 Å². The standard InChI is InChI=1S/C10H16F3NO2/c1-8(2,3)16-7(15)9(10(11,12)13)5-4-6-14-9/h14H,4-6H2,1-3H3/t9-/m1/s1. The predicted molar refractivity (Wildman–Crippen MR) is 51.9 cm³/mol. The molecule has 0 aromatic carbocycles. The van der Waals surface area contributed by atoms with Gasteiger partial charge in [0.15, 0.2) is 0 Å². The van der Waals surface area contributed by atoms with Gasteiger partial charge in [-0.15, -0.1) is 0 Å². The summed E-state index contributed by atoms with van der Waals surface area (Å²) in [6, 6.07) is 0. The third kappa shape index (κ3) is 2.48. The van der Waals surface area contributed by atoms with Gasteiger partial charge in [0, 0.05) is 0 Å². The van der Waals surface area contributed by atoms with Gasteiger partial charge < -0.3 is 4.74 Å². The lowest BCUT2D eigenvalue weighted by molar-refractivity contribution is -0.216. The summed E-state index contributed by atoms with van der Waals surface area (Å²) in [6.07, 6.45) is -4.56. The molecule has 0 radical (unpaired) electrons. The number of carbonyl (C=O) groups excluding carboxylic acids is 1. The van der Waals surface area contributed by atoms with Gasteiger partial charge >= 0.3 is 12.1 Å². The van der Waals surface area contributed by atoms with Crippen molar-refractivity contribution in [1.82, 2.24) is 5.32 Å². The van der Waals surface area contributed by atoms with Crippen LogP contribution in [0.1, 0.15) is 33.6 Å². The number of ether oxygens (including phenoxy) is 1. The summed E-state index contributed by atoms with van der Waals surface area (Å²) >= 11 is 0. The Morgan fingerprint density at radius 2 is 1.88 bits per heavy atom. The number of halogens is 3. The minimum Gasteiger partial charge on any atom is -0.458 e. The normalized spacial score (nSPS) is 26.9. The zero-order chi connectivity index (χ0) is 12.6. The Morgan fingerprint density at radius 1 is 1.31 bits per heavy atom. The van der Waals surface area contributed by atoms with Crippen molar-refractivity contribution in [3.05, 3.63) is 0 Å². The van der Waals surface area contributed by atoms with E-state index in [9.17, 15) is 18.0 Å². The van der Waals surface area contributed by atoms with Crippen molar-refractivity contribution in [2.75, 3.05) is 6.54 Å². The fraction of sp³-hybridized carbons (Fsp3) is 0.900. The first kappa shape index (κ1) is 13.3. The van der Waals surface area contributed by atoms with Gasteiger partial charge in [-0.3, -0.25) is 5.32 Å². The number of hydrogen-bond donors (Lipinski definition) is 1. The van der Waals surface area contributed by atoms with E-state index in [1.54, 1.807) is 20.8 Å². The van der Waals surface area contributed by atoms with Gasteiger partial charge in [0.25, 0.3) is 0 Å². The fourth-order valence-electron chi connectivity index (χ4n) is 1.64. The third-order valence-corrected chi connectivity index (χ3v) is 2.39. The summed E-state index contributed by atoms with van der Waals surface area (Å²) in [7, 11) is 0. The lowest BCUT2D eigenvalue weighted by Gasteiger charge is -2.32. The van der Waals surface area contributed by atoms with Crippen molar-refractivity contribution >= 4 is 5.97 Å². The average Bonchev–Trinajstić information content (AvgIpc) is 2.46. The second-order valence-corrected chi connectivity index (χ2v) is 4.94. The topological polar surface area (TPSA) is 38.3 Å². The SMILES string of the molecule is CC(C)(C)OC(=O)[C@@]1(C(F)(F)F)CCCN1. The maximum absolute atomic E-state index is 12.9. The number of rotatable bonds is 1. The summed E-state index contributed by atoms with van der Waals surface area (Å²) < 4.78 is 43.5. The Kier molecular flexibility index (Phi) is 3.24. The van der Waals surface area contributed by atoms with Crippen LogP contribution >= 0.6 is 0 Å². The molecular weight excluding hydrogens is 223 g/mol. The molecule has 0 unspecified atom stereocenters. The van der Waals surface area contributed by atoms with E-state index in [0.717, 1.165) is 0 Å². The zero-order valence-electron chi connectivity index (χ0n) is 9.57. The quantitative estimate of drug-likeness (QED) is 0.711. The average molecular weight is 239 g/mol. The Morgan fingerprint density at radius 3 is 2.19 bits per heavy atom. The molecular formula is C10H16F3NO2. The molecule has 1 rings (SSSR count). The van der Waals surface area contributed by atoms with Gasteiger partial charge in [-0.2, -0.15) is 13.2 Å². The van der Waals surface area contributed by atoms with Gasteiger partial charge in [-0.25, -0.2) is 4.79 Å². The second kappa shape index (κ2) is 3.91. The van der Waals surface area contributed by atoms with Crippen molar-refractivity contribution in [2.45, 2.75) is 50.9 Å². The molecule has 1 saturated heterocycles. The van der Waals surface area contributed by atoms with E-state index >= 15 is 0 Å². The number of hydrogen-bond acceptors (Lipinski definition) is 3. The number of esters is 1. The smallest absolute Gasteiger partial charge is 0.417 e. The van der Waals surface area contributed by atoms with Crippen LogP contribution in [-0.4, -0.2) is 29.8 Å². The summed E-state index contributed by atoms with van der Waals surface area (Å²) in [5.74, 6) is -1.23. The molecule has 1 fully saturated rings. The summed E-state index contributed by atoms with van der Waals surface area (Å²) in [4.78, 5) is 11.6. The Hall–Kier alpha value is -0.780. The van der Waals surface area contributed by atoms with Crippen LogP contribution in [0.15, 0.2) is 0 Å². The number of alkyl halides is 3. The van der Waals surface area contributed by atoms with E-state index in [0.29, 0.717) is 6.42 Å². The molecule has 0 amide bonds. The lowest BCUT2D eigenvalue weighted by atomic mass is 9.96. The minimum atomic E-state index is -4.62. The van der Waals surface area contributed by atoms with Crippen molar-refractivity contribution in [3.8, 4) is 0 Å². The van der Waals surface area contributed by atoms with Crippen LogP contribution in [0, 0.1) is 0 Å². The summed E-state index contributed by atoms with van der Waals surface area (Å²) in [6.45, 7) is 4.82. The van der Waals surface area contributed by atoms with Gasteiger partial charge in [-0.1, -0.05) is 0 Å². The molecule has 1 aliphatic rings. The van der Waals surface area contributed by atoms with Crippen molar-refractivity contribution in [1.29, 1.82) is 0 Å². The van der Waals surface area contributed by atoms with Crippen LogP contribution < -0.4 is 5.32 Å². The molecule has 3 nitrogen and oxygen atoms in total. The van der Waals surface area contributed by atoms with Gasteiger partial charge in [-0.05, 0) is 40.2 Å². The zero-order valence-corrected chi connectivity index (χ0v) is 9.57. The van der Waals surface area contributed by atoms with Crippen LogP contribution in [0.25, 0.3) is 0 Å². The molecule has 0 bridgehead atoms. The van der Waals surface area contributed by atoms with E-state index < -0.39 is 23.3 Å². The van der Waals surface area contributed by atoms with E-state index in [4.69, 9.17) is 4.74 Å². The molecule has 0 saturated carbocycles. The highest BCUT2D eigenvalue weighted by Crippen LogP contribution is 2.38. The molecule has 1 N–H and O–H groups in total. The first-order valence-corrected chi connectivity index (χ1v) is 5.14. The molecule has 1 heterocycles. The summed E-state index contributed by atoms with van der Waals surface area (Å²) in [5, 5.41) is 2.23. The first-order chi connectivity index (χ1) is 7.08. The van der Waals surface area contributed by atoms with E-state index in [-0.39, 0.29) is 13.0 Å². The number of nitrogens with one attached hydrogen (secondary N) is 1. The highest BCUT2D eigenvalue weighted by Gasteiger charge is 2.63. The maximum Gasteiger partial charge on any atom is 0.417 e. The van der Waals surface area contributed by atoms with E-state index in [1.807, 2.05) is 0 Å². The monoisotopic (exact) mass is 239 g/mol. The molecule has 0 aromatic heterocycles. The Balaban J connectivity index is 2.91. The summed E-state index contributed by atoms with van der Waals surface area (Å²) in [5.41, 5.74) is -3.43. The molecule has 0 aliphatic carbocycles. The second-order valence-electron chi connectivity index (χ2n) is 4.94. The largest absolute Gasteiger partial charge is 0.458 e. The maximum atomic E-state index is 12.9. The van der Waals surface area contributed by atoms with Crippen LogP contribution in [0.2, 0.25) is 0 Å². The third-order valence-electron chi connectivity index (χ3n) is 2.39. The predicted octanol–water partition coefficient (Wildman–Crippen LogP) is 2.01. The van der Waals surface area contributed by atoms with Gasteiger partial charge in [0.2, 0.25) is 5.54 Å². The highest BCUT2D eigenvalue weighted by molar-refractivity contribution is 5.82. The molecule has 1 aliphatic heterocycles. The molecule has 0 aromatic rings. The molecule has 1 atom stereocenters. The first-order valence-electron chi connectivity index (χ1n) is 5.14. The Labute approximate surface area is 92.3 Å². The lowest BCUT2D eigenvalue weighted by Crippen LogP contribution is -2.60. The highest BCUT2D eigenvalue weighted by atomic mass is 19.4. The van der Waals surface area contributed by atoms with E-state index in [1.165, 1.54) is 0 Å². The number of carbonyl (C=O) groups is 1. The molecule has 0 spiro atoms. The van der Waals surface area contributed by atoms with Gasteiger partial charge in [0.1, 0.15) is 5.60 Å². The van der Waals surface area contributed by atoms with Gasteiger partial charge in [0.05, 0.1) is 0 Å². The van der Waals surface area contributed by atoms with Crippen molar-refractivity contribution in [3.63, 3.8) is 0 Å². The molecule has 6 heteroatoms. The van der Waals surface area contributed by atoms with Crippen LogP contribution in [0.5, 0.6) is 0 Å². The molecule has 94 valence electrons. The van der Waals surface area contributed by atoms with Crippen molar-refractivity contribution < 1.29 is 22.7 Å². The van der Waals surface area contributed by atoms with Crippen LogP contribution in [-0.2, 0) is 9.53 Å². The Bertz CT molecular complexity index is 275. The van der Waals surface area contributed by atoms with E-state index in [2.05, 4.69) is 5.32 Å².